The van der Waals surface area contributed by atoms with Crippen LogP contribution < -0.4 is 11.2 Å². The van der Waals surface area contributed by atoms with Crippen LogP contribution in [0, 0.1) is 17.8 Å². The molecule has 2 rings (SSSR count). The molecular formula is C14H20ClN2O14P3. The molecule has 1 fully saturated rings. The van der Waals surface area contributed by atoms with Gasteiger partial charge in [0.2, 0.25) is 0 Å². The predicted octanol–water partition coefficient (Wildman–Crippen LogP) is -0.225. The van der Waals surface area contributed by atoms with Gasteiger partial charge in [-0.3, -0.25) is 18.9 Å². The summed E-state index contributed by atoms with van der Waals surface area (Å²) in [5.74, 6) is 3.91. The first-order valence-corrected chi connectivity index (χ1v) is 13.9. The number of phosphoric ester groups is 1. The van der Waals surface area contributed by atoms with Gasteiger partial charge in [0.1, 0.15) is 0 Å². The minimum Gasteiger partial charge on any atom is -0.396 e. The van der Waals surface area contributed by atoms with Crippen molar-refractivity contribution >= 4 is 35.1 Å². The fourth-order valence-corrected chi connectivity index (χ4v) is 6.88. The van der Waals surface area contributed by atoms with Crippen LogP contribution in [0.1, 0.15) is 20.1 Å². The lowest BCUT2D eigenvalue weighted by Gasteiger charge is -2.29. The minimum absolute atomic E-state index is 0.725. The number of ether oxygens (including phenoxy) is 1. The Labute approximate surface area is 195 Å². The summed E-state index contributed by atoms with van der Waals surface area (Å²) in [6.07, 6.45) is -3.38. The first-order valence-electron chi connectivity index (χ1n) is 8.97. The maximum absolute atomic E-state index is 12.3. The highest BCUT2D eigenvalue weighted by atomic mass is 35.5. The fraction of sp³-hybridized carbons (Fsp3) is 0.571. The molecule has 0 spiro atoms. The highest BCUT2D eigenvalue weighted by Crippen LogP contribution is 2.67. The Balaban J connectivity index is 2.38. The van der Waals surface area contributed by atoms with Crippen molar-refractivity contribution in [2.24, 2.45) is 5.92 Å². The summed E-state index contributed by atoms with van der Waals surface area (Å²) in [5, 5.41) is 9.95. The van der Waals surface area contributed by atoms with Crippen molar-refractivity contribution in [1.82, 2.24) is 9.55 Å². The largest absolute Gasteiger partial charge is 0.490 e. The predicted molar refractivity (Wildman–Crippen MR) is 112 cm³/mol. The number of H-pyrrole nitrogens is 1. The lowest BCUT2D eigenvalue weighted by molar-refractivity contribution is -0.0666. The van der Waals surface area contributed by atoms with E-state index in [0.29, 0.717) is 0 Å². The maximum atomic E-state index is 12.3. The van der Waals surface area contributed by atoms with Crippen LogP contribution in [0.2, 0.25) is 0 Å². The molecule has 4 unspecified atom stereocenters. The van der Waals surface area contributed by atoms with E-state index in [0.717, 1.165) is 23.8 Å². The van der Waals surface area contributed by atoms with E-state index in [1.54, 1.807) is 0 Å². The molecule has 0 aliphatic carbocycles. The molecule has 2 heterocycles. The Morgan fingerprint density at radius 2 is 1.85 bits per heavy atom. The van der Waals surface area contributed by atoms with E-state index >= 15 is 0 Å². The van der Waals surface area contributed by atoms with Gasteiger partial charge in [-0.15, -0.1) is 5.92 Å². The van der Waals surface area contributed by atoms with Crippen molar-refractivity contribution in [2.45, 2.75) is 37.2 Å². The maximum Gasteiger partial charge on any atom is 0.490 e. The minimum atomic E-state index is -5.77. The van der Waals surface area contributed by atoms with E-state index in [-0.39, 0.29) is 0 Å². The SMILES string of the molecule is CC#CC1(Cl)C(CO)[C@@H]([C@@H](C)OP(=O)(O)OP(=O)(O)OP(=O)(O)O)O[C@H]1n1ccc(=O)[nH]c1=O. The topological polar surface area (TPSA) is 244 Å². The number of rotatable bonds is 9. The number of halogens is 1. The van der Waals surface area contributed by atoms with Crippen LogP contribution in [-0.2, 0) is 31.6 Å². The molecule has 0 aromatic carbocycles. The highest BCUT2D eigenvalue weighted by molar-refractivity contribution is 7.66. The molecule has 1 aromatic heterocycles. The number of aliphatic hydroxyl groups excluding tert-OH is 1. The van der Waals surface area contributed by atoms with Gasteiger partial charge < -0.3 is 29.4 Å². The number of aromatic nitrogens is 2. The van der Waals surface area contributed by atoms with Crippen LogP contribution in [0.4, 0.5) is 0 Å². The van der Waals surface area contributed by atoms with Crippen LogP contribution in [0.3, 0.4) is 0 Å². The Hall–Kier alpha value is -1.14. The van der Waals surface area contributed by atoms with Crippen molar-refractivity contribution in [3.63, 3.8) is 0 Å². The van der Waals surface area contributed by atoms with Crippen molar-refractivity contribution in [2.75, 3.05) is 6.61 Å². The van der Waals surface area contributed by atoms with E-state index in [4.69, 9.17) is 30.6 Å². The second kappa shape index (κ2) is 10.5. The van der Waals surface area contributed by atoms with E-state index in [9.17, 15) is 38.2 Å². The first-order chi connectivity index (χ1) is 15.4. The van der Waals surface area contributed by atoms with Gasteiger partial charge in [-0.2, -0.15) is 8.62 Å². The second-order valence-electron chi connectivity index (χ2n) is 6.80. The van der Waals surface area contributed by atoms with Crippen LogP contribution in [0.5, 0.6) is 0 Å². The molecule has 1 aromatic rings. The average Bonchev–Trinajstić information content (AvgIpc) is 2.90. The third-order valence-corrected chi connectivity index (χ3v) is 8.86. The number of hydrogen-bond acceptors (Lipinski definition) is 10. The van der Waals surface area contributed by atoms with Gasteiger partial charge in [-0.1, -0.05) is 17.5 Å². The van der Waals surface area contributed by atoms with Gasteiger partial charge in [0.25, 0.3) is 5.56 Å². The number of nitrogens with one attached hydrogen (secondary N) is 1. The summed E-state index contributed by atoms with van der Waals surface area (Å²) in [7, 11) is -16.9. The zero-order valence-corrected chi connectivity index (χ0v) is 20.7. The molecule has 7 atom stereocenters. The lowest BCUT2D eigenvalue weighted by atomic mass is 9.87. The van der Waals surface area contributed by atoms with E-state index < -0.39 is 70.6 Å². The second-order valence-corrected chi connectivity index (χ2v) is 11.8. The number of nitrogens with zero attached hydrogens (tertiary/aromatic N) is 1. The van der Waals surface area contributed by atoms with Crippen molar-refractivity contribution in [3.05, 3.63) is 33.1 Å². The molecule has 0 saturated carbocycles. The number of aliphatic hydroxyl groups is 1. The Kier molecular flexibility index (Phi) is 8.95. The van der Waals surface area contributed by atoms with Crippen LogP contribution in [-0.4, -0.2) is 57.9 Å². The summed E-state index contributed by atoms with van der Waals surface area (Å²) in [6, 6.07) is 0.984. The quantitative estimate of drug-likeness (QED) is 0.128. The van der Waals surface area contributed by atoms with Gasteiger partial charge in [0, 0.05) is 18.2 Å². The molecule has 1 saturated heterocycles. The molecule has 1 aliphatic rings. The standard InChI is InChI=1S/C14H20ClN2O14P3/c1-3-5-14(15)9(7-18)11(28-12(14)17-6-4-10(19)16-13(17)20)8(2)29-33(24,25)31-34(26,27)30-32(21,22)23/h4,6,8-9,11-12,18H,7H2,1-2H3,(H,24,25)(H,26,27)(H,16,19,20)(H2,21,22,23)/t8-,9?,11-,12-,14?/m1/s1. The Morgan fingerprint density at radius 3 is 2.35 bits per heavy atom. The van der Waals surface area contributed by atoms with Gasteiger partial charge in [-0.05, 0) is 13.8 Å². The molecule has 16 nitrogen and oxygen atoms in total. The summed E-state index contributed by atoms with van der Waals surface area (Å²) in [4.78, 5) is 60.1. The van der Waals surface area contributed by atoms with Gasteiger partial charge in [0.15, 0.2) is 11.1 Å². The molecule has 192 valence electrons. The molecule has 0 amide bonds. The van der Waals surface area contributed by atoms with Gasteiger partial charge in [0.05, 0.1) is 18.8 Å². The van der Waals surface area contributed by atoms with E-state index in [1.807, 2.05) is 4.98 Å². The number of hydrogen-bond donors (Lipinski definition) is 6. The summed E-state index contributed by atoms with van der Waals surface area (Å²) < 4.78 is 53.1. The van der Waals surface area contributed by atoms with Gasteiger partial charge in [-0.25, -0.2) is 18.5 Å². The first kappa shape index (κ1) is 29.1. The van der Waals surface area contributed by atoms with Crippen molar-refractivity contribution in [3.8, 4) is 11.8 Å². The fourth-order valence-electron chi connectivity index (χ4n) is 3.23. The van der Waals surface area contributed by atoms with Gasteiger partial charge >= 0.3 is 29.2 Å². The molecule has 34 heavy (non-hydrogen) atoms. The average molecular weight is 569 g/mol. The number of aromatic amines is 1. The third kappa shape index (κ3) is 6.96. The van der Waals surface area contributed by atoms with Crippen molar-refractivity contribution < 1.29 is 56.3 Å². The Morgan fingerprint density at radius 1 is 1.24 bits per heavy atom. The van der Waals surface area contributed by atoms with Crippen LogP contribution >= 0.6 is 35.1 Å². The monoisotopic (exact) mass is 568 g/mol. The molecule has 0 bridgehead atoms. The van der Waals surface area contributed by atoms with Crippen LogP contribution in [0.25, 0.3) is 0 Å². The van der Waals surface area contributed by atoms with E-state index in [1.165, 1.54) is 6.92 Å². The number of phosphoric acid groups is 3. The summed E-state index contributed by atoms with van der Waals surface area (Å²) in [6.45, 7) is 1.76. The third-order valence-electron chi connectivity index (χ3n) is 4.38. The van der Waals surface area contributed by atoms with Crippen LogP contribution in [0.15, 0.2) is 21.9 Å². The molecule has 6 N–H and O–H groups in total. The van der Waals surface area contributed by atoms with E-state index in [2.05, 4.69) is 20.5 Å². The normalized spacial score (nSPS) is 29.5. The van der Waals surface area contributed by atoms with Crippen molar-refractivity contribution in [1.29, 1.82) is 0 Å². The molecule has 1 aliphatic heterocycles. The number of alkyl halides is 1. The molecule has 0 radical (unpaired) electrons. The Bertz CT molecular complexity index is 1230. The lowest BCUT2D eigenvalue weighted by Crippen LogP contribution is -2.43. The summed E-state index contributed by atoms with van der Waals surface area (Å²) >= 11 is 6.62. The smallest absolute Gasteiger partial charge is 0.396 e. The summed E-state index contributed by atoms with van der Waals surface area (Å²) in [5.41, 5.74) is -1.67. The molecule has 20 heteroatoms. The zero-order valence-electron chi connectivity index (χ0n) is 17.2. The highest BCUT2D eigenvalue weighted by Gasteiger charge is 2.58. The zero-order chi connectivity index (χ0) is 26.1. The molecular weight excluding hydrogens is 549 g/mol.